The number of hydrogen-bond donors (Lipinski definition) is 1. The molecular weight excluding hydrogens is 256 g/mol. The van der Waals surface area contributed by atoms with Crippen LogP contribution in [0.4, 0.5) is 5.69 Å². The Balaban J connectivity index is 2.14. The van der Waals surface area contributed by atoms with Gasteiger partial charge in [-0.2, -0.15) is 0 Å². The lowest BCUT2D eigenvalue weighted by Gasteiger charge is -2.37. The number of hydrogen-bond acceptors (Lipinski definition) is 2. The molecule has 0 heterocycles. The largest absolute Gasteiger partial charge is 0.371 e. The van der Waals surface area contributed by atoms with Gasteiger partial charge in [-0.25, -0.2) is 0 Å². The summed E-state index contributed by atoms with van der Waals surface area (Å²) in [6.07, 6.45) is 7.97. The van der Waals surface area contributed by atoms with Crippen LogP contribution in [0.1, 0.15) is 64.0 Å². The van der Waals surface area contributed by atoms with Gasteiger partial charge in [-0.1, -0.05) is 38.5 Å². The van der Waals surface area contributed by atoms with Crippen molar-refractivity contribution >= 4 is 5.69 Å². The molecule has 118 valence electrons. The van der Waals surface area contributed by atoms with Crippen molar-refractivity contribution in [1.29, 1.82) is 0 Å². The van der Waals surface area contributed by atoms with Gasteiger partial charge in [0.2, 0.25) is 0 Å². The number of benzene rings is 1. The summed E-state index contributed by atoms with van der Waals surface area (Å²) in [7, 11) is 4.36. The Kier molecular flexibility index (Phi) is 6.10. The molecule has 2 rings (SSSR count). The molecule has 1 unspecified atom stereocenters. The van der Waals surface area contributed by atoms with Gasteiger partial charge in [0, 0.05) is 24.8 Å². The summed E-state index contributed by atoms with van der Waals surface area (Å²) in [6.45, 7) is 4.59. The molecular formula is C19H32N2. The zero-order chi connectivity index (χ0) is 15.2. The van der Waals surface area contributed by atoms with E-state index in [2.05, 4.69) is 62.4 Å². The monoisotopic (exact) mass is 288 g/mol. The summed E-state index contributed by atoms with van der Waals surface area (Å²) < 4.78 is 0. The van der Waals surface area contributed by atoms with Crippen LogP contribution in [0.5, 0.6) is 0 Å². The molecule has 21 heavy (non-hydrogen) atoms. The maximum atomic E-state index is 3.46. The van der Waals surface area contributed by atoms with Gasteiger partial charge in [-0.3, -0.25) is 0 Å². The van der Waals surface area contributed by atoms with Gasteiger partial charge >= 0.3 is 0 Å². The smallest absolute Gasteiger partial charge is 0.0414 e. The maximum absolute atomic E-state index is 3.46. The summed E-state index contributed by atoms with van der Waals surface area (Å²) in [5.41, 5.74) is 2.86. The van der Waals surface area contributed by atoms with Gasteiger partial charge in [-0.15, -0.1) is 0 Å². The SMILES string of the molecule is CCC1CCC(N(C)c2ccccc2C(CC)NC)CC1. The molecule has 0 aromatic heterocycles. The van der Waals surface area contributed by atoms with Crippen LogP contribution < -0.4 is 10.2 Å². The molecule has 1 saturated carbocycles. The van der Waals surface area contributed by atoms with E-state index in [4.69, 9.17) is 0 Å². The average molecular weight is 288 g/mol. The quantitative estimate of drug-likeness (QED) is 0.811. The summed E-state index contributed by atoms with van der Waals surface area (Å²) >= 11 is 0. The molecule has 2 nitrogen and oxygen atoms in total. The molecule has 1 fully saturated rings. The van der Waals surface area contributed by atoms with E-state index in [1.165, 1.54) is 43.4 Å². The Labute approximate surface area is 130 Å². The van der Waals surface area contributed by atoms with E-state index in [1.807, 2.05) is 0 Å². The van der Waals surface area contributed by atoms with Crippen molar-refractivity contribution in [1.82, 2.24) is 5.32 Å². The van der Waals surface area contributed by atoms with Crippen LogP contribution >= 0.6 is 0 Å². The number of rotatable bonds is 6. The van der Waals surface area contributed by atoms with Crippen molar-refractivity contribution in [3.63, 3.8) is 0 Å². The molecule has 2 heteroatoms. The molecule has 1 atom stereocenters. The molecule has 0 amide bonds. The molecule has 1 N–H and O–H groups in total. The second-order valence-corrected chi connectivity index (χ2v) is 6.50. The van der Waals surface area contributed by atoms with Crippen LogP contribution in [0.2, 0.25) is 0 Å². The Morgan fingerprint density at radius 2 is 1.81 bits per heavy atom. The predicted molar refractivity (Wildman–Crippen MR) is 93.0 cm³/mol. The van der Waals surface area contributed by atoms with Crippen molar-refractivity contribution in [3.8, 4) is 0 Å². The van der Waals surface area contributed by atoms with Crippen LogP contribution in [-0.4, -0.2) is 20.1 Å². The second-order valence-electron chi connectivity index (χ2n) is 6.50. The van der Waals surface area contributed by atoms with Crippen molar-refractivity contribution in [2.75, 3.05) is 19.0 Å². The van der Waals surface area contributed by atoms with E-state index >= 15 is 0 Å². The summed E-state index contributed by atoms with van der Waals surface area (Å²) in [6, 6.07) is 10.1. The Morgan fingerprint density at radius 1 is 1.14 bits per heavy atom. The number of anilines is 1. The fraction of sp³-hybridized carbons (Fsp3) is 0.684. The molecule has 0 aliphatic heterocycles. The van der Waals surface area contributed by atoms with Crippen molar-refractivity contribution in [2.45, 2.75) is 64.5 Å². The van der Waals surface area contributed by atoms with Crippen molar-refractivity contribution < 1.29 is 0 Å². The van der Waals surface area contributed by atoms with E-state index in [0.29, 0.717) is 12.1 Å². The zero-order valence-corrected chi connectivity index (χ0v) is 14.2. The highest BCUT2D eigenvalue weighted by Crippen LogP contribution is 2.34. The topological polar surface area (TPSA) is 15.3 Å². The first kappa shape index (κ1) is 16.4. The lowest BCUT2D eigenvalue weighted by Crippen LogP contribution is -2.36. The van der Waals surface area contributed by atoms with Crippen LogP contribution in [0.3, 0.4) is 0 Å². The molecule has 0 radical (unpaired) electrons. The van der Waals surface area contributed by atoms with Crippen LogP contribution in [-0.2, 0) is 0 Å². The lowest BCUT2D eigenvalue weighted by molar-refractivity contribution is 0.313. The van der Waals surface area contributed by atoms with E-state index in [9.17, 15) is 0 Å². The molecule has 0 saturated heterocycles. The predicted octanol–water partition coefficient (Wildman–Crippen LogP) is 4.76. The standard InChI is InChI=1S/C19H32N2/c1-5-15-11-13-16(14-12-15)21(4)19-10-8-7-9-17(19)18(6-2)20-3/h7-10,15-16,18,20H,5-6,11-14H2,1-4H3. The van der Waals surface area contributed by atoms with Gasteiger partial charge in [0.05, 0.1) is 0 Å². The number of nitrogens with zero attached hydrogens (tertiary/aromatic N) is 1. The van der Waals surface area contributed by atoms with Gasteiger partial charge in [0.15, 0.2) is 0 Å². The van der Waals surface area contributed by atoms with Gasteiger partial charge in [0.1, 0.15) is 0 Å². The molecule has 1 aliphatic rings. The lowest BCUT2D eigenvalue weighted by atomic mass is 9.83. The highest BCUT2D eigenvalue weighted by molar-refractivity contribution is 5.55. The normalized spacial score (nSPS) is 23.8. The fourth-order valence-electron chi connectivity index (χ4n) is 3.82. The minimum absolute atomic E-state index is 0.454. The fourth-order valence-corrected chi connectivity index (χ4v) is 3.82. The van der Waals surface area contributed by atoms with E-state index in [0.717, 1.165) is 12.3 Å². The summed E-state index contributed by atoms with van der Waals surface area (Å²) in [4.78, 5) is 2.54. The second kappa shape index (κ2) is 7.84. The molecule has 1 aliphatic carbocycles. The molecule has 1 aromatic rings. The van der Waals surface area contributed by atoms with E-state index in [-0.39, 0.29) is 0 Å². The third-order valence-corrected chi connectivity index (χ3v) is 5.39. The minimum atomic E-state index is 0.454. The van der Waals surface area contributed by atoms with Gasteiger partial charge in [0.25, 0.3) is 0 Å². The Hall–Kier alpha value is -1.02. The van der Waals surface area contributed by atoms with Gasteiger partial charge < -0.3 is 10.2 Å². The first-order valence-electron chi connectivity index (χ1n) is 8.70. The van der Waals surface area contributed by atoms with Crippen LogP contribution in [0.25, 0.3) is 0 Å². The first-order chi connectivity index (χ1) is 10.2. The highest BCUT2D eigenvalue weighted by Gasteiger charge is 2.25. The Morgan fingerprint density at radius 3 is 2.38 bits per heavy atom. The van der Waals surface area contributed by atoms with Crippen molar-refractivity contribution in [2.24, 2.45) is 5.92 Å². The third kappa shape index (κ3) is 3.79. The summed E-state index contributed by atoms with van der Waals surface area (Å²) in [5.74, 6) is 0.964. The van der Waals surface area contributed by atoms with Crippen LogP contribution in [0, 0.1) is 5.92 Å². The molecule has 0 bridgehead atoms. The zero-order valence-electron chi connectivity index (χ0n) is 14.2. The highest BCUT2D eigenvalue weighted by atomic mass is 15.1. The molecule has 0 spiro atoms. The number of para-hydroxylation sites is 1. The minimum Gasteiger partial charge on any atom is -0.371 e. The molecule has 1 aromatic carbocycles. The first-order valence-corrected chi connectivity index (χ1v) is 8.70. The summed E-state index contributed by atoms with van der Waals surface area (Å²) in [5, 5.41) is 3.46. The van der Waals surface area contributed by atoms with E-state index < -0.39 is 0 Å². The Bertz CT molecular complexity index is 417. The average Bonchev–Trinajstić information content (AvgIpc) is 2.56. The van der Waals surface area contributed by atoms with Gasteiger partial charge in [-0.05, 0) is 56.7 Å². The van der Waals surface area contributed by atoms with E-state index in [1.54, 1.807) is 0 Å². The third-order valence-electron chi connectivity index (χ3n) is 5.39. The van der Waals surface area contributed by atoms with Crippen molar-refractivity contribution in [3.05, 3.63) is 29.8 Å². The maximum Gasteiger partial charge on any atom is 0.0414 e. The number of nitrogens with one attached hydrogen (secondary N) is 1. The van der Waals surface area contributed by atoms with Crippen LogP contribution in [0.15, 0.2) is 24.3 Å².